The topological polar surface area (TPSA) is 9.23 Å². The second-order valence-electron chi connectivity index (χ2n) is 3.93. The summed E-state index contributed by atoms with van der Waals surface area (Å²) in [5.41, 5.74) is 2.00. The van der Waals surface area contributed by atoms with Crippen molar-refractivity contribution in [3.05, 3.63) is 62.0 Å². The maximum absolute atomic E-state index is 6.09. The highest BCUT2D eigenvalue weighted by Crippen LogP contribution is 2.26. The molecule has 0 radical (unpaired) electrons. The van der Waals surface area contributed by atoms with Gasteiger partial charge in [-0.1, -0.05) is 51.3 Å². The van der Waals surface area contributed by atoms with Crippen LogP contribution in [0, 0.1) is 6.92 Å². The molecule has 4 heteroatoms. The molecule has 2 aromatic carbocycles. The first-order valence-corrected chi connectivity index (χ1v) is 6.94. The van der Waals surface area contributed by atoms with Crippen LogP contribution in [0.25, 0.3) is 0 Å². The highest BCUT2D eigenvalue weighted by molar-refractivity contribution is 9.10. The number of ether oxygens (including phenoxy) is 1. The van der Waals surface area contributed by atoms with Gasteiger partial charge in [-0.3, -0.25) is 0 Å². The van der Waals surface area contributed by atoms with Gasteiger partial charge in [0.15, 0.2) is 0 Å². The number of hydrogen-bond acceptors (Lipinski definition) is 1. The fourth-order valence-electron chi connectivity index (χ4n) is 1.52. The van der Waals surface area contributed by atoms with Gasteiger partial charge in [0.05, 0.1) is 0 Å². The standard InChI is InChI=1S/C14H11BrCl2O/c1-9-2-4-11(15)6-14(9)18-8-10-3-5-12(16)7-13(10)17/h2-7H,8H2,1H3. The van der Waals surface area contributed by atoms with Crippen molar-refractivity contribution in [2.75, 3.05) is 0 Å². The lowest BCUT2D eigenvalue weighted by molar-refractivity contribution is 0.304. The average molecular weight is 346 g/mol. The van der Waals surface area contributed by atoms with Crippen LogP contribution in [0.2, 0.25) is 10.0 Å². The lowest BCUT2D eigenvalue weighted by atomic mass is 10.2. The Balaban J connectivity index is 2.13. The molecular formula is C14H11BrCl2O. The molecule has 0 saturated heterocycles. The molecule has 18 heavy (non-hydrogen) atoms. The Kier molecular flexibility index (Phi) is 4.55. The van der Waals surface area contributed by atoms with Crippen LogP contribution in [0.4, 0.5) is 0 Å². The Labute approximate surface area is 125 Å². The smallest absolute Gasteiger partial charge is 0.123 e. The van der Waals surface area contributed by atoms with Crippen LogP contribution in [-0.4, -0.2) is 0 Å². The quantitative estimate of drug-likeness (QED) is 0.699. The zero-order valence-corrected chi connectivity index (χ0v) is 12.8. The van der Waals surface area contributed by atoms with Gasteiger partial charge in [0.1, 0.15) is 12.4 Å². The van der Waals surface area contributed by atoms with Crippen molar-refractivity contribution in [1.82, 2.24) is 0 Å². The van der Waals surface area contributed by atoms with Crippen molar-refractivity contribution in [3.8, 4) is 5.75 Å². The predicted octanol–water partition coefficient (Wildman–Crippen LogP) is 5.64. The maximum atomic E-state index is 6.09. The minimum Gasteiger partial charge on any atom is -0.489 e. The van der Waals surface area contributed by atoms with E-state index in [0.717, 1.165) is 21.3 Å². The molecule has 94 valence electrons. The number of rotatable bonds is 3. The minimum atomic E-state index is 0.424. The van der Waals surface area contributed by atoms with Crippen LogP contribution in [0.1, 0.15) is 11.1 Å². The Morgan fingerprint density at radius 3 is 2.61 bits per heavy atom. The minimum absolute atomic E-state index is 0.424. The molecule has 0 aliphatic rings. The van der Waals surface area contributed by atoms with Crippen LogP contribution >= 0.6 is 39.1 Å². The van der Waals surface area contributed by atoms with Crippen LogP contribution < -0.4 is 4.74 Å². The molecule has 0 aliphatic heterocycles. The van der Waals surface area contributed by atoms with E-state index in [2.05, 4.69) is 15.9 Å². The summed E-state index contributed by atoms with van der Waals surface area (Å²) >= 11 is 15.4. The van der Waals surface area contributed by atoms with Crippen LogP contribution in [0.5, 0.6) is 5.75 Å². The largest absolute Gasteiger partial charge is 0.489 e. The van der Waals surface area contributed by atoms with Gasteiger partial charge in [0, 0.05) is 20.1 Å². The van der Waals surface area contributed by atoms with E-state index in [1.807, 2.05) is 31.2 Å². The predicted molar refractivity (Wildman–Crippen MR) is 79.7 cm³/mol. The van der Waals surface area contributed by atoms with Gasteiger partial charge < -0.3 is 4.74 Å². The van der Waals surface area contributed by atoms with Crippen molar-refractivity contribution in [3.63, 3.8) is 0 Å². The molecule has 0 saturated carbocycles. The third-order valence-electron chi connectivity index (χ3n) is 2.55. The summed E-state index contributed by atoms with van der Waals surface area (Å²) in [6, 6.07) is 11.3. The van der Waals surface area contributed by atoms with E-state index >= 15 is 0 Å². The molecule has 0 aromatic heterocycles. The van der Waals surface area contributed by atoms with Gasteiger partial charge in [0.2, 0.25) is 0 Å². The normalized spacial score (nSPS) is 10.4. The van der Waals surface area contributed by atoms with E-state index in [9.17, 15) is 0 Å². The Hall–Kier alpha value is -0.700. The van der Waals surface area contributed by atoms with Crippen LogP contribution in [0.15, 0.2) is 40.9 Å². The molecule has 0 unspecified atom stereocenters. The fraction of sp³-hybridized carbons (Fsp3) is 0.143. The van der Waals surface area contributed by atoms with Gasteiger partial charge in [-0.25, -0.2) is 0 Å². The van der Waals surface area contributed by atoms with E-state index in [0.29, 0.717) is 16.7 Å². The van der Waals surface area contributed by atoms with Crippen molar-refractivity contribution < 1.29 is 4.74 Å². The van der Waals surface area contributed by atoms with Crippen molar-refractivity contribution >= 4 is 39.1 Å². The summed E-state index contributed by atoms with van der Waals surface area (Å²) in [6.45, 7) is 2.43. The molecule has 0 heterocycles. The first-order chi connectivity index (χ1) is 8.56. The summed E-state index contributed by atoms with van der Waals surface area (Å²) in [6.07, 6.45) is 0. The van der Waals surface area contributed by atoms with Gasteiger partial charge in [-0.05, 0) is 36.8 Å². The van der Waals surface area contributed by atoms with Crippen molar-refractivity contribution in [2.24, 2.45) is 0 Å². The molecule has 0 amide bonds. The van der Waals surface area contributed by atoms with E-state index in [-0.39, 0.29) is 0 Å². The Morgan fingerprint density at radius 2 is 1.89 bits per heavy atom. The van der Waals surface area contributed by atoms with Gasteiger partial charge in [-0.2, -0.15) is 0 Å². The molecule has 0 aliphatic carbocycles. The average Bonchev–Trinajstić information content (AvgIpc) is 2.32. The monoisotopic (exact) mass is 344 g/mol. The molecule has 0 bridgehead atoms. The molecule has 2 rings (SSSR count). The molecule has 2 aromatic rings. The van der Waals surface area contributed by atoms with Crippen molar-refractivity contribution in [2.45, 2.75) is 13.5 Å². The second kappa shape index (κ2) is 5.96. The SMILES string of the molecule is Cc1ccc(Br)cc1OCc1ccc(Cl)cc1Cl. The lowest BCUT2D eigenvalue weighted by Gasteiger charge is -2.10. The highest BCUT2D eigenvalue weighted by atomic mass is 79.9. The zero-order valence-electron chi connectivity index (χ0n) is 9.71. The zero-order chi connectivity index (χ0) is 13.1. The summed E-state index contributed by atoms with van der Waals surface area (Å²) in [5.74, 6) is 0.843. The number of aryl methyl sites for hydroxylation is 1. The van der Waals surface area contributed by atoms with Crippen molar-refractivity contribution in [1.29, 1.82) is 0 Å². The van der Waals surface area contributed by atoms with E-state index < -0.39 is 0 Å². The van der Waals surface area contributed by atoms with Gasteiger partial charge in [0.25, 0.3) is 0 Å². The summed E-state index contributed by atoms with van der Waals surface area (Å²) in [5, 5.41) is 1.25. The summed E-state index contributed by atoms with van der Waals surface area (Å²) in [4.78, 5) is 0. The molecule has 0 spiro atoms. The Bertz CT molecular complexity index is 570. The first kappa shape index (κ1) is 13.7. The van der Waals surface area contributed by atoms with E-state index in [1.54, 1.807) is 12.1 Å². The van der Waals surface area contributed by atoms with E-state index in [4.69, 9.17) is 27.9 Å². The third-order valence-corrected chi connectivity index (χ3v) is 3.63. The van der Waals surface area contributed by atoms with Crippen LogP contribution in [0.3, 0.4) is 0 Å². The van der Waals surface area contributed by atoms with Gasteiger partial charge >= 0.3 is 0 Å². The molecule has 0 N–H and O–H groups in total. The van der Waals surface area contributed by atoms with Gasteiger partial charge in [-0.15, -0.1) is 0 Å². The fourth-order valence-corrected chi connectivity index (χ4v) is 2.33. The number of benzene rings is 2. The maximum Gasteiger partial charge on any atom is 0.123 e. The number of hydrogen-bond donors (Lipinski definition) is 0. The molecule has 0 atom stereocenters. The third kappa shape index (κ3) is 3.41. The summed E-state index contributed by atoms with van der Waals surface area (Å²) in [7, 11) is 0. The first-order valence-electron chi connectivity index (χ1n) is 5.39. The molecule has 0 fully saturated rings. The Morgan fingerprint density at radius 1 is 1.11 bits per heavy atom. The summed E-state index contributed by atoms with van der Waals surface area (Å²) < 4.78 is 6.76. The van der Waals surface area contributed by atoms with Crippen LogP contribution in [-0.2, 0) is 6.61 Å². The number of halogens is 3. The second-order valence-corrected chi connectivity index (χ2v) is 5.69. The highest BCUT2D eigenvalue weighted by Gasteiger charge is 2.04. The molecule has 1 nitrogen and oxygen atoms in total. The molecular weight excluding hydrogens is 335 g/mol. The van der Waals surface area contributed by atoms with E-state index in [1.165, 1.54) is 0 Å². The lowest BCUT2D eigenvalue weighted by Crippen LogP contribution is -1.97.